The molecule has 1 heterocycles. The minimum atomic E-state index is -0.993. The molecule has 1 unspecified atom stereocenters. The first-order valence-corrected chi connectivity index (χ1v) is 12.8. The van der Waals surface area contributed by atoms with E-state index in [1.54, 1.807) is 18.0 Å². The maximum Gasteiger partial charge on any atom is 0.272 e. The van der Waals surface area contributed by atoms with Crippen LogP contribution in [0.25, 0.3) is 11.1 Å². The molecule has 1 amide bonds. The summed E-state index contributed by atoms with van der Waals surface area (Å²) in [4.78, 5) is 32.8. The first kappa shape index (κ1) is 24.0. The van der Waals surface area contributed by atoms with Crippen molar-refractivity contribution in [1.29, 1.82) is 0 Å². The molecule has 2 N–H and O–H groups in total. The van der Waals surface area contributed by atoms with Crippen LogP contribution in [0.4, 0.5) is 11.4 Å². The van der Waals surface area contributed by atoms with Crippen LogP contribution in [-0.4, -0.2) is 35.7 Å². The summed E-state index contributed by atoms with van der Waals surface area (Å²) in [6.07, 6.45) is -0.993. The second-order valence-electron chi connectivity index (χ2n) is 9.01. The number of carbonyl (C=O) groups is 2. The van der Waals surface area contributed by atoms with Crippen molar-refractivity contribution in [3.05, 3.63) is 118 Å². The van der Waals surface area contributed by atoms with Crippen molar-refractivity contribution in [2.24, 2.45) is 4.99 Å². The molecular weight excluding hydrogens is 516 g/mol. The number of carbonyl (C=O) groups excluding carboxylic acids is 2. The fourth-order valence-corrected chi connectivity index (χ4v) is 5.32. The Morgan fingerprint density at radius 2 is 1.58 bits per heavy atom. The number of aliphatic imine (C=N–C) groups is 1. The maximum atomic E-state index is 13.5. The van der Waals surface area contributed by atoms with Gasteiger partial charge in [-0.05, 0) is 42.0 Å². The fraction of sp³-hybridized carbons (Fsp3) is 0.0667. The summed E-state index contributed by atoms with van der Waals surface area (Å²) in [7, 11) is 1.70. The van der Waals surface area contributed by atoms with Gasteiger partial charge in [-0.2, -0.15) is 0 Å². The monoisotopic (exact) mass is 536 g/mol. The van der Waals surface area contributed by atoms with E-state index in [1.807, 2.05) is 84.9 Å². The van der Waals surface area contributed by atoms with E-state index in [9.17, 15) is 9.59 Å². The summed E-state index contributed by atoms with van der Waals surface area (Å²) < 4.78 is 0. The SMILES string of the molecule is CN1C(=O)C(NC(=S)Nc2cccc3c2-c2ccccc2C3=O)N=C(c2ccccc2)c2cc(Cl)ccc21. The smallest absolute Gasteiger partial charge is 0.272 e. The highest BCUT2D eigenvalue weighted by atomic mass is 35.5. The van der Waals surface area contributed by atoms with Crippen LogP contribution in [0, 0.1) is 0 Å². The zero-order valence-corrected chi connectivity index (χ0v) is 21.8. The molecule has 1 aliphatic heterocycles. The number of fused-ring (bicyclic) bond motifs is 4. The first-order chi connectivity index (χ1) is 18.4. The Balaban J connectivity index is 1.36. The quantitative estimate of drug-likeness (QED) is 0.290. The Kier molecular flexibility index (Phi) is 6.02. The zero-order chi connectivity index (χ0) is 26.4. The molecule has 186 valence electrons. The van der Waals surface area contributed by atoms with Gasteiger partial charge in [0.15, 0.2) is 10.9 Å². The lowest BCUT2D eigenvalue weighted by atomic mass is 10.0. The van der Waals surface area contributed by atoms with Gasteiger partial charge in [-0.25, -0.2) is 4.99 Å². The van der Waals surface area contributed by atoms with E-state index >= 15 is 0 Å². The summed E-state index contributed by atoms with van der Waals surface area (Å²) in [6, 6.07) is 28.0. The van der Waals surface area contributed by atoms with Crippen molar-refractivity contribution in [2.45, 2.75) is 6.17 Å². The predicted molar refractivity (Wildman–Crippen MR) is 155 cm³/mol. The Hall–Kier alpha value is -4.33. The van der Waals surface area contributed by atoms with Gasteiger partial charge in [0.1, 0.15) is 0 Å². The number of halogens is 1. The third-order valence-electron chi connectivity index (χ3n) is 6.71. The molecule has 0 aromatic heterocycles. The highest BCUT2D eigenvalue weighted by Gasteiger charge is 2.32. The van der Waals surface area contributed by atoms with Gasteiger partial charge in [0, 0.05) is 45.6 Å². The van der Waals surface area contributed by atoms with Gasteiger partial charge in [-0.3, -0.25) is 9.59 Å². The number of benzene rings is 4. The minimum Gasteiger partial charge on any atom is -0.333 e. The van der Waals surface area contributed by atoms with Crippen molar-refractivity contribution < 1.29 is 9.59 Å². The zero-order valence-electron chi connectivity index (χ0n) is 20.2. The van der Waals surface area contributed by atoms with Crippen molar-refractivity contribution in [3.8, 4) is 11.1 Å². The van der Waals surface area contributed by atoms with Crippen molar-refractivity contribution >= 4 is 57.7 Å². The highest BCUT2D eigenvalue weighted by Crippen LogP contribution is 2.41. The van der Waals surface area contributed by atoms with E-state index in [4.69, 9.17) is 28.8 Å². The number of rotatable bonds is 3. The van der Waals surface area contributed by atoms with Crippen LogP contribution in [0.1, 0.15) is 27.0 Å². The van der Waals surface area contributed by atoms with Crippen molar-refractivity contribution in [3.63, 3.8) is 0 Å². The van der Waals surface area contributed by atoms with Gasteiger partial charge in [0.25, 0.3) is 5.91 Å². The fourth-order valence-electron chi connectivity index (χ4n) is 4.93. The van der Waals surface area contributed by atoms with E-state index in [0.717, 1.165) is 22.3 Å². The molecule has 4 aromatic carbocycles. The van der Waals surface area contributed by atoms with Crippen molar-refractivity contribution in [1.82, 2.24) is 5.32 Å². The summed E-state index contributed by atoms with van der Waals surface area (Å²) in [5, 5.41) is 7.04. The van der Waals surface area contributed by atoms with Gasteiger partial charge < -0.3 is 15.5 Å². The molecule has 38 heavy (non-hydrogen) atoms. The van der Waals surface area contributed by atoms with E-state index in [2.05, 4.69) is 10.6 Å². The van der Waals surface area contributed by atoms with Crippen LogP contribution >= 0.6 is 23.8 Å². The Morgan fingerprint density at radius 3 is 2.37 bits per heavy atom. The Labute approximate surface area is 230 Å². The lowest BCUT2D eigenvalue weighted by Crippen LogP contribution is -2.47. The lowest BCUT2D eigenvalue weighted by molar-refractivity contribution is -0.119. The van der Waals surface area contributed by atoms with Gasteiger partial charge >= 0.3 is 0 Å². The van der Waals surface area contributed by atoms with Crippen LogP contribution in [0.5, 0.6) is 0 Å². The topological polar surface area (TPSA) is 73.8 Å². The third kappa shape index (κ3) is 4.06. The molecule has 2 aliphatic rings. The van der Waals surface area contributed by atoms with E-state index in [1.165, 1.54) is 0 Å². The van der Waals surface area contributed by atoms with E-state index < -0.39 is 6.17 Å². The van der Waals surface area contributed by atoms with E-state index in [0.29, 0.717) is 33.2 Å². The van der Waals surface area contributed by atoms with E-state index in [-0.39, 0.29) is 16.8 Å². The van der Waals surface area contributed by atoms with Crippen LogP contribution in [0.3, 0.4) is 0 Å². The molecule has 6 nitrogen and oxygen atoms in total. The summed E-state index contributed by atoms with van der Waals surface area (Å²) in [5.74, 6) is -0.297. The molecule has 8 heteroatoms. The van der Waals surface area contributed by atoms with Crippen molar-refractivity contribution in [2.75, 3.05) is 17.3 Å². The summed E-state index contributed by atoms with van der Waals surface area (Å²) >= 11 is 12.0. The number of ketones is 1. The minimum absolute atomic E-state index is 0.0211. The second-order valence-corrected chi connectivity index (χ2v) is 9.85. The number of anilines is 2. The summed E-state index contributed by atoms with van der Waals surface area (Å²) in [5.41, 5.74) is 6.50. The number of nitrogens with one attached hydrogen (secondary N) is 2. The molecule has 1 atom stereocenters. The molecule has 6 rings (SSSR count). The number of benzodiazepines with no additional fused rings is 1. The lowest BCUT2D eigenvalue weighted by Gasteiger charge is -2.22. The second kappa shape index (κ2) is 9.52. The number of hydrogen-bond acceptors (Lipinski definition) is 4. The average molecular weight is 537 g/mol. The highest BCUT2D eigenvalue weighted by molar-refractivity contribution is 7.80. The largest absolute Gasteiger partial charge is 0.333 e. The number of amides is 1. The van der Waals surface area contributed by atoms with Gasteiger partial charge in [0.2, 0.25) is 6.17 Å². The molecule has 1 aliphatic carbocycles. The van der Waals surface area contributed by atoms with Gasteiger partial charge in [-0.15, -0.1) is 0 Å². The molecule has 0 saturated heterocycles. The standard InChI is InChI=1S/C30H21ClN4O2S/c1-35-24-15-14-18(31)16-22(24)26(17-8-3-2-4-9-17)33-28(29(35)37)34-30(38)32-23-13-7-12-21-25(23)19-10-5-6-11-20(19)27(21)36/h2-16,28H,1H3,(H2,32,34,38). The molecule has 0 bridgehead atoms. The molecule has 0 saturated carbocycles. The number of hydrogen-bond donors (Lipinski definition) is 2. The molecular formula is C30H21ClN4O2S. The average Bonchev–Trinajstić information content (AvgIpc) is 3.18. The Bertz CT molecular complexity index is 1670. The molecule has 0 radical (unpaired) electrons. The number of thiocarbonyl (C=S) groups is 1. The van der Waals surface area contributed by atoms with Crippen LogP contribution in [-0.2, 0) is 4.79 Å². The first-order valence-electron chi connectivity index (χ1n) is 12.0. The predicted octanol–water partition coefficient (Wildman–Crippen LogP) is 5.68. The van der Waals surface area contributed by atoms with Gasteiger partial charge in [-0.1, -0.05) is 78.3 Å². The molecule has 0 spiro atoms. The van der Waals surface area contributed by atoms with Crippen LogP contribution in [0.15, 0.2) is 96.0 Å². The normalized spacial score (nSPS) is 15.7. The summed E-state index contributed by atoms with van der Waals surface area (Å²) in [6.45, 7) is 0. The number of nitrogens with zero attached hydrogens (tertiary/aromatic N) is 2. The Morgan fingerprint density at radius 1 is 0.868 bits per heavy atom. The molecule has 4 aromatic rings. The van der Waals surface area contributed by atoms with Crippen LogP contribution < -0.4 is 15.5 Å². The molecule has 0 fully saturated rings. The van der Waals surface area contributed by atoms with Gasteiger partial charge in [0.05, 0.1) is 11.4 Å². The maximum absolute atomic E-state index is 13.5. The number of likely N-dealkylation sites (N-methyl/N-ethyl adjacent to an activating group) is 1. The van der Waals surface area contributed by atoms with Crippen LogP contribution in [0.2, 0.25) is 5.02 Å². The third-order valence-corrected chi connectivity index (χ3v) is 7.17.